The van der Waals surface area contributed by atoms with Gasteiger partial charge in [0, 0.05) is 37.3 Å². The number of benzene rings is 2. The average Bonchev–Trinajstić information content (AvgIpc) is 2.72. The van der Waals surface area contributed by atoms with Gasteiger partial charge in [0.1, 0.15) is 5.75 Å². The second-order valence-corrected chi connectivity index (χ2v) is 8.76. The summed E-state index contributed by atoms with van der Waals surface area (Å²) in [7, 11) is 1.53. The van der Waals surface area contributed by atoms with Crippen molar-refractivity contribution in [2.24, 2.45) is 5.41 Å². The Morgan fingerprint density at radius 1 is 1.03 bits per heavy atom. The first-order valence-electron chi connectivity index (χ1n) is 9.99. The maximum atomic E-state index is 12.6. The van der Waals surface area contributed by atoms with E-state index in [2.05, 4.69) is 10.2 Å². The molecule has 7 heteroatoms. The maximum Gasteiger partial charge on any atom is 0.259 e. The molecule has 2 amide bonds. The number of ether oxygens (including phenoxy) is 1. The van der Waals surface area contributed by atoms with E-state index < -0.39 is 0 Å². The zero-order chi connectivity index (χ0) is 21.9. The average molecular weight is 430 g/mol. The highest BCUT2D eigenvalue weighted by Crippen LogP contribution is 2.31. The van der Waals surface area contributed by atoms with Crippen LogP contribution in [0.2, 0.25) is 5.02 Å². The summed E-state index contributed by atoms with van der Waals surface area (Å²) in [6.45, 7) is 8.59. The van der Waals surface area contributed by atoms with Crippen molar-refractivity contribution in [1.29, 1.82) is 0 Å². The number of nitrogens with one attached hydrogen (secondary N) is 1. The number of carbonyl (C=O) groups excluding carboxylic acids is 2. The minimum Gasteiger partial charge on any atom is -0.496 e. The lowest BCUT2D eigenvalue weighted by Crippen LogP contribution is -2.51. The van der Waals surface area contributed by atoms with Gasteiger partial charge < -0.3 is 19.9 Å². The molecule has 1 saturated heterocycles. The fourth-order valence-electron chi connectivity index (χ4n) is 3.50. The fraction of sp³-hybridized carbons (Fsp3) is 0.391. The minimum atomic E-state index is -0.374. The molecule has 1 N–H and O–H groups in total. The van der Waals surface area contributed by atoms with Crippen molar-refractivity contribution in [3.8, 4) is 5.75 Å². The third-order valence-corrected chi connectivity index (χ3v) is 5.41. The van der Waals surface area contributed by atoms with Crippen LogP contribution in [0.1, 0.15) is 31.1 Å². The van der Waals surface area contributed by atoms with E-state index in [1.165, 1.54) is 7.11 Å². The van der Waals surface area contributed by atoms with E-state index in [0.717, 1.165) is 5.69 Å². The van der Waals surface area contributed by atoms with E-state index in [4.69, 9.17) is 16.3 Å². The summed E-state index contributed by atoms with van der Waals surface area (Å²) in [5.41, 5.74) is 1.59. The number of hydrogen-bond donors (Lipinski definition) is 1. The Morgan fingerprint density at radius 3 is 2.30 bits per heavy atom. The molecule has 2 aromatic carbocycles. The quantitative estimate of drug-likeness (QED) is 0.787. The summed E-state index contributed by atoms with van der Waals surface area (Å²) >= 11 is 6.52. The fourth-order valence-corrected chi connectivity index (χ4v) is 3.80. The molecule has 6 nitrogen and oxygen atoms in total. The Morgan fingerprint density at radius 2 is 1.70 bits per heavy atom. The number of amides is 2. The van der Waals surface area contributed by atoms with Crippen molar-refractivity contribution in [1.82, 2.24) is 4.90 Å². The topological polar surface area (TPSA) is 61.9 Å². The molecule has 0 atom stereocenters. The van der Waals surface area contributed by atoms with Gasteiger partial charge in [0.25, 0.3) is 5.91 Å². The molecule has 160 valence electrons. The number of nitrogens with zero attached hydrogens (tertiary/aromatic N) is 2. The highest BCUT2D eigenvalue weighted by Gasteiger charge is 2.30. The zero-order valence-corrected chi connectivity index (χ0v) is 18.6. The van der Waals surface area contributed by atoms with Crippen LogP contribution in [0.15, 0.2) is 42.5 Å². The molecular weight excluding hydrogens is 402 g/mol. The number of rotatable bonds is 4. The molecule has 0 spiro atoms. The van der Waals surface area contributed by atoms with Crippen molar-refractivity contribution in [3.63, 3.8) is 0 Å². The number of piperazine rings is 1. The summed E-state index contributed by atoms with van der Waals surface area (Å²) in [6.07, 6.45) is 0. The minimum absolute atomic E-state index is 0.169. The Bertz CT molecular complexity index is 932. The van der Waals surface area contributed by atoms with Crippen molar-refractivity contribution in [3.05, 3.63) is 53.1 Å². The summed E-state index contributed by atoms with van der Waals surface area (Å²) in [5, 5.41) is 3.43. The number of hydrogen-bond acceptors (Lipinski definition) is 4. The van der Waals surface area contributed by atoms with Crippen molar-refractivity contribution in [2.45, 2.75) is 20.8 Å². The number of anilines is 2. The van der Waals surface area contributed by atoms with Gasteiger partial charge in [-0.3, -0.25) is 9.59 Å². The van der Waals surface area contributed by atoms with Gasteiger partial charge in [0.15, 0.2) is 0 Å². The molecular formula is C23H28ClN3O3. The van der Waals surface area contributed by atoms with Gasteiger partial charge in [0.05, 0.1) is 23.4 Å². The second-order valence-electron chi connectivity index (χ2n) is 8.35. The molecule has 0 aliphatic carbocycles. The van der Waals surface area contributed by atoms with Gasteiger partial charge in [-0.1, -0.05) is 44.5 Å². The van der Waals surface area contributed by atoms with Gasteiger partial charge in [-0.25, -0.2) is 0 Å². The highest BCUT2D eigenvalue weighted by molar-refractivity contribution is 6.33. The Labute approximate surface area is 182 Å². The Kier molecular flexibility index (Phi) is 6.56. The number of para-hydroxylation sites is 1. The molecule has 1 aliphatic heterocycles. The van der Waals surface area contributed by atoms with Crippen molar-refractivity contribution in [2.75, 3.05) is 43.5 Å². The Balaban J connectivity index is 1.66. The third-order valence-electron chi connectivity index (χ3n) is 5.11. The lowest BCUT2D eigenvalue weighted by molar-refractivity contribution is -0.139. The molecule has 1 heterocycles. The molecule has 0 unspecified atom stereocenters. The zero-order valence-electron chi connectivity index (χ0n) is 17.9. The van der Waals surface area contributed by atoms with E-state index >= 15 is 0 Å². The first kappa shape index (κ1) is 22.0. The second kappa shape index (κ2) is 8.96. The first-order chi connectivity index (χ1) is 14.2. The Hall–Kier alpha value is -2.73. The van der Waals surface area contributed by atoms with Crippen LogP contribution in [0.25, 0.3) is 0 Å². The van der Waals surface area contributed by atoms with Crippen LogP contribution in [-0.4, -0.2) is 50.0 Å². The molecule has 0 aromatic heterocycles. The van der Waals surface area contributed by atoms with Gasteiger partial charge in [-0.05, 0) is 30.3 Å². The van der Waals surface area contributed by atoms with Gasteiger partial charge in [0.2, 0.25) is 5.91 Å². The standard InChI is InChI=1S/C23H28ClN3O3/c1-23(2,3)22(29)27-13-11-26(12-14-27)19-10-9-16(15-18(19)24)25-21(28)17-7-5-6-8-20(17)30-4/h5-10,15H,11-14H2,1-4H3,(H,25,28). The number of methoxy groups -OCH3 is 1. The predicted molar refractivity (Wildman–Crippen MR) is 121 cm³/mol. The number of halogens is 1. The van der Waals surface area contributed by atoms with Crippen LogP contribution < -0.4 is 15.0 Å². The van der Waals surface area contributed by atoms with Gasteiger partial charge >= 0.3 is 0 Å². The molecule has 1 aliphatic rings. The van der Waals surface area contributed by atoms with Crippen molar-refractivity contribution >= 4 is 34.8 Å². The van der Waals surface area contributed by atoms with E-state index in [0.29, 0.717) is 48.2 Å². The summed E-state index contributed by atoms with van der Waals surface area (Å²) in [6, 6.07) is 12.5. The van der Waals surface area contributed by atoms with Crippen LogP contribution >= 0.6 is 11.6 Å². The van der Waals surface area contributed by atoms with Gasteiger partial charge in [-0.2, -0.15) is 0 Å². The summed E-state index contributed by atoms with van der Waals surface area (Å²) in [4.78, 5) is 29.1. The monoisotopic (exact) mass is 429 g/mol. The van der Waals surface area contributed by atoms with E-state index in [9.17, 15) is 9.59 Å². The SMILES string of the molecule is COc1ccccc1C(=O)Nc1ccc(N2CCN(C(=O)C(C)(C)C)CC2)c(Cl)c1. The van der Waals surface area contributed by atoms with Gasteiger partial charge in [-0.15, -0.1) is 0 Å². The smallest absolute Gasteiger partial charge is 0.259 e. The highest BCUT2D eigenvalue weighted by atomic mass is 35.5. The van der Waals surface area contributed by atoms with Crippen LogP contribution in [-0.2, 0) is 4.79 Å². The predicted octanol–water partition coefficient (Wildman–Crippen LogP) is 4.30. The first-order valence-corrected chi connectivity index (χ1v) is 10.4. The largest absolute Gasteiger partial charge is 0.496 e. The van der Waals surface area contributed by atoms with Crippen LogP contribution in [0, 0.1) is 5.41 Å². The molecule has 30 heavy (non-hydrogen) atoms. The van der Waals surface area contributed by atoms with E-state index in [1.54, 1.807) is 24.3 Å². The molecule has 3 rings (SSSR count). The van der Waals surface area contributed by atoms with Crippen LogP contribution in [0.5, 0.6) is 5.75 Å². The van der Waals surface area contributed by atoms with Crippen molar-refractivity contribution < 1.29 is 14.3 Å². The van der Waals surface area contributed by atoms with E-state index in [-0.39, 0.29) is 17.2 Å². The van der Waals surface area contributed by atoms with Crippen LogP contribution in [0.4, 0.5) is 11.4 Å². The third kappa shape index (κ3) is 4.87. The molecule has 0 radical (unpaired) electrons. The maximum absolute atomic E-state index is 12.6. The molecule has 0 bridgehead atoms. The lowest BCUT2D eigenvalue weighted by Gasteiger charge is -2.39. The summed E-state index contributed by atoms with van der Waals surface area (Å²) < 4.78 is 5.25. The van der Waals surface area contributed by atoms with Crippen LogP contribution in [0.3, 0.4) is 0 Å². The molecule has 2 aromatic rings. The number of carbonyl (C=O) groups is 2. The lowest BCUT2D eigenvalue weighted by atomic mass is 9.94. The summed E-state index contributed by atoms with van der Waals surface area (Å²) in [5.74, 6) is 0.425. The molecule has 0 saturated carbocycles. The van der Waals surface area contributed by atoms with E-state index in [1.807, 2.05) is 43.9 Å². The normalized spacial score (nSPS) is 14.4. The molecule has 1 fully saturated rings.